The van der Waals surface area contributed by atoms with Gasteiger partial charge in [0.15, 0.2) is 0 Å². The van der Waals surface area contributed by atoms with E-state index in [0.29, 0.717) is 12.2 Å². The summed E-state index contributed by atoms with van der Waals surface area (Å²) in [5.74, 6) is 0. The highest BCUT2D eigenvalue weighted by Crippen LogP contribution is 2.02. The van der Waals surface area contributed by atoms with Crippen LogP contribution in [0.1, 0.15) is 31.0 Å². The van der Waals surface area contributed by atoms with Crippen molar-refractivity contribution in [3.63, 3.8) is 0 Å². The van der Waals surface area contributed by atoms with E-state index in [2.05, 4.69) is 23.3 Å². The highest BCUT2D eigenvalue weighted by molar-refractivity contribution is 5.30. The van der Waals surface area contributed by atoms with Crippen molar-refractivity contribution < 1.29 is 4.74 Å². The normalized spacial score (nSPS) is 10.1. The summed E-state index contributed by atoms with van der Waals surface area (Å²) in [6.45, 7) is 5.30. The molecule has 0 atom stereocenters. The summed E-state index contributed by atoms with van der Waals surface area (Å²) >= 11 is 0. The van der Waals surface area contributed by atoms with Crippen molar-refractivity contribution in [1.82, 2.24) is 10.3 Å². The third-order valence-electron chi connectivity index (χ3n) is 2.30. The molecule has 0 fully saturated rings. The maximum Gasteiger partial charge on any atom is 0.144 e. The smallest absolute Gasteiger partial charge is 0.144 e. The minimum absolute atomic E-state index is 0.502. The Hall–Kier alpha value is -1.44. The fourth-order valence-electron chi connectivity index (χ4n) is 1.45. The van der Waals surface area contributed by atoms with Crippen molar-refractivity contribution in [2.24, 2.45) is 0 Å². The standard InChI is InChI=1S/C13H19N3O/c1-2-8-17-9-4-6-15-11-12-5-3-7-16-13(12)10-14/h3,5,7,15H,2,4,6,8-9,11H2,1H3. The molecule has 0 spiro atoms. The molecule has 0 aliphatic carbocycles. The molecule has 0 bridgehead atoms. The molecular formula is C13H19N3O. The van der Waals surface area contributed by atoms with E-state index in [1.54, 1.807) is 6.20 Å². The molecule has 0 unspecified atom stereocenters. The van der Waals surface area contributed by atoms with Crippen molar-refractivity contribution in [1.29, 1.82) is 5.26 Å². The molecule has 0 amide bonds. The fourth-order valence-corrected chi connectivity index (χ4v) is 1.45. The number of nitrogens with one attached hydrogen (secondary N) is 1. The first-order valence-electron chi connectivity index (χ1n) is 6.01. The number of ether oxygens (including phenoxy) is 1. The van der Waals surface area contributed by atoms with E-state index in [1.807, 2.05) is 12.1 Å². The molecule has 0 radical (unpaired) electrons. The summed E-state index contributed by atoms with van der Waals surface area (Å²) in [5, 5.41) is 12.1. The zero-order valence-corrected chi connectivity index (χ0v) is 10.3. The molecule has 1 heterocycles. The molecule has 17 heavy (non-hydrogen) atoms. The number of hydrogen-bond donors (Lipinski definition) is 1. The fraction of sp³-hybridized carbons (Fsp3) is 0.538. The molecule has 0 aromatic carbocycles. The van der Waals surface area contributed by atoms with Crippen molar-refractivity contribution in [2.45, 2.75) is 26.3 Å². The molecule has 1 aromatic heterocycles. The van der Waals surface area contributed by atoms with Gasteiger partial charge in [0.2, 0.25) is 0 Å². The highest BCUT2D eigenvalue weighted by Gasteiger charge is 2.00. The molecule has 4 nitrogen and oxygen atoms in total. The van der Waals surface area contributed by atoms with Gasteiger partial charge in [-0.2, -0.15) is 5.26 Å². The predicted molar refractivity (Wildman–Crippen MR) is 66.4 cm³/mol. The van der Waals surface area contributed by atoms with Gasteiger partial charge in [0.05, 0.1) is 0 Å². The molecule has 0 aliphatic heterocycles. The van der Waals surface area contributed by atoms with Gasteiger partial charge in [-0.25, -0.2) is 4.98 Å². The summed E-state index contributed by atoms with van der Waals surface area (Å²) in [6.07, 6.45) is 3.69. The van der Waals surface area contributed by atoms with Crippen LogP contribution >= 0.6 is 0 Å². The Labute approximate surface area is 103 Å². The number of nitriles is 1. The Bertz CT molecular complexity index is 360. The van der Waals surface area contributed by atoms with Gasteiger partial charge in [-0.3, -0.25) is 0 Å². The van der Waals surface area contributed by atoms with Crippen LogP contribution in [0.25, 0.3) is 0 Å². The van der Waals surface area contributed by atoms with E-state index in [0.717, 1.165) is 38.2 Å². The number of nitrogens with zero attached hydrogens (tertiary/aromatic N) is 2. The number of rotatable bonds is 8. The third kappa shape index (κ3) is 5.43. The molecule has 1 aromatic rings. The van der Waals surface area contributed by atoms with E-state index >= 15 is 0 Å². The summed E-state index contributed by atoms with van der Waals surface area (Å²) in [7, 11) is 0. The minimum Gasteiger partial charge on any atom is -0.381 e. The molecule has 0 aliphatic rings. The lowest BCUT2D eigenvalue weighted by Gasteiger charge is -2.06. The average Bonchev–Trinajstić information content (AvgIpc) is 2.38. The van der Waals surface area contributed by atoms with Crippen LogP contribution < -0.4 is 5.32 Å². The quantitative estimate of drug-likeness (QED) is 0.696. The lowest BCUT2D eigenvalue weighted by molar-refractivity contribution is 0.132. The Morgan fingerprint density at radius 3 is 3.12 bits per heavy atom. The first-order valence-corrected chi connectivity index (χ1v) is 6.01. The van der Waals surface area contributed by atoms with Crippen LogP contribution in [-0.2, 0) is 11.3 Å². The Morgan fingerprint density at radius 1 is 1.47 bits per heavy atom. The SMILES string of the molecule is CCCOCCCNCc1cccnc1C#N. The second-order valence-corrected chi connectivity index (χ2v) is 3.77. The highest BCUT2D eigenvalue weighted by atomic mass is 16.5. The third-order valence-corrected chi connectivity index (χ3v) is 2.30. The maximum atomic E-state index is 8.86. The largest absolute Gasteiger partial charge is 0.381 e. The van der Waals surface area contributed by atoms with Gasteiger partial charge in [0.25, 0.3) is 0 Å². The van der Waals surface area contributed by atoms with E-state index < -0.39 is 0 Å². The zero-order chi connectivity index (χ0) is 12.3. The van der Waals surface area contributed by atoms with Crippen molar-refractivity contribution in [3.05, 3.63) is 29.6 Å². The Kier molecular flexibility index (Phi) is 6.96. The van der Waals surface area contributed by atoms with Crippen LogP contribution in [0.5, 0.6) is 0 Å². The van der Waals surface area contributed by atoms with Crippen LogP contribution in [0.4, 0.5) is 0 Å². The molecule has 0 saturated carbocycles. The van der Waals surface area contributed by atoms with Crippen LogP contribution in [0.15, 0.2) is 18.3 Å². The van der Waals surface area contributed by atoms with E-state index in [1.165, 1.54) is 0 Å². The summed E-state index contributed by atoms with van der Waals surface area (Å²) < 4.78 is 5.38. The molecular weight excluding hydrogens is 214 g/mol. The topological polar surface area (TPSA) is 57.9 Å². The molecule has 4 heteroatoms. The van der Waals surface area contributed by atoms with Crippen LogP contribution in [0.2, 0.25) is 0 Å². The summed E-state index contributed by atoms with van der Waals surface area (Å²) in [6, 6.07) is 5.86. The second-order valence-electron chi connectivity index (χ2n) is 3.77. The first kappa shape index (κ1) is 13.6. The monoisotopic (exact) mass is 233 g/mol. The van der Waals surface area contributed by atoms with Gasteiger partial charge in [-0.1, -0.05) is 13.0 Å². The number of hydrogen-bond acceptors (Lipinski definition) is 4. The molecule has 92 valence electrons. The lowest BCUT2D eigenvalue weighted by atomic mass is 10.2. The summed E-state index contributed by atoms with van der Waals surface area (Å²) in [5.41, 5.74) is 1.45. The van der Waals surface area contributed by atoms with Gasteiger partial charge in [-0.15, -0.1) is 0 Å². The Balaban J connectivity index is 2.16. The van der Waals surface area contributed by atoms with E-state index in [4.69, 9.17) is 10.00 Å². The van der Waals surface area contributed by atoms with Crippen LogP contribution in [-0.4, -0.2) is 24.7 Å². The lowest BCUT2D eigenvalue weighted by Crippen LogP contribution is -2.17. The van der Waals surface area contributed by atoms with Crippen LogP contribution in [0, 0.1) is 11.3 Å². The average molecular weight is 233 g/mol. The van der Waals surface area contributed by atoms with Gasteiger partial charge < -0.3 is 10.1 Å². The molecule has 0 saturated heterocycles. The molecule has 1 N–H and O–H groups in total. The molecule has 1 rings (SSSR count). The Morgan fingerprint density at radius 2 is 2.35 bits per heavy atom. The van der Waals surface area contributed by atoms with E-state index in [-0.39, 0.29) is 0 Å². The van der Waals surface area contributed by atoms with Gasteiger partial charge in [0, 0.05) is 31.5 Å². The van der Waals surface area contributed by atoms with Crippen molar-refractivity contribution in [3.8, 4) is 6.07 Å². The zero-order valence-electron chi connectivity index (χ0n) is 10.3. The van der Waals surface area contributed by atoms with Crippen molar-refractivity contribution >= 4 is 0 Å². The van der Waals surface area contributed by atoms with Crippen LogP contribution in [0.3, 0.4) is 0 Å². The van der Waals surface area contributed by atoms with Crippen molar-refractivity contribution in [2.75, 3.05) is 19.8 Å². The maximum absolute atomic E-state index is 8.86. The van der Waals surface area contributed by atoms with E-state index in [9.17, 15) is 0 Å². The number of aromatic nitrogens is 1. The summed E-state index contributed by atoms with van der Waals surface area (Å²) in [4.78, 5) is 4.01. The number of pyridine rings is 1. The predicted octanol–water partition coefficient (Wildman–Crippen LogP) is 1.86. The first-order chi connectivity index (χ1) is 8.38. The van der Waals surface area contributed by atoms with Gasteiger partial charge in [0.1, 0.15) is 11.8 Å². The van der Waals surface area contributed by atoms with Gasteiger partial charge in [-0.05, 0) is 25.5 Å². The second kappa shape index (κ2) is 8.68. The minimum atomic E-state index is 0.502. The van der Waals surface area contributed by atoms with Gasteiger partial charge >= 0.3 is 0 Å².